The minimum absolute atomic E-state index is 0. The minimum atomic E-state index is -3.59. The van der Waals surface area contributed by atoms with Crippen LogP contribution in [-0.4, -0.2) is 51.1 Å². The molecule has 0 aliphatic heterocycles. The van der Waals surface area contributed by atoms with Crippen LogP contribution in [0.2, 0.25) is 0 Å². The number of ether oxygens (including phenoxy) is 1. The Balaban J connectivity index is 0.000000277. The molecule has 1 amide bonds. The van der Waals surface area contributed by atoms with E-state index in [1.165, 1.54) is 24.3 Å². The average molecular weight is 595 g/mol. The molecule has 212 valence electrons. The third kappa shape index (κ3) is 7.64. The number of hydrogen-bond donors (Lipinski definition) is 2. The van der Waals surface area contributed by atoms with Crippen LogP contribution in [0.15, 0.2) is 58.3 Å². The van der Waals surface area contributed by atoms with E-state index < -0.39 is 59.5 Å². The number of rotatable bonds is 5. The zero-order valence-corrected chi connectivity index (χ0v) is 23.7. The molecule has 38 heavy (non-hydrogen) atoms. The summed E-state index contributed by atoms with van der Waals surface area (Å²) >= 11 is 0. The first-order chi connectivity index (χ1) is 17.1. The summed E-state index contributed by atoms with van der Waals surface area (Å²) in [6, 6.07) is 8.83. The fourth-order valence-electron chi connectivity index (χ4n) is 3.94. The highest BCUT2D eigenvalue weighted by molar-refractivity contribution is 7.92. The van der Waals surface area contributed by atoms with Gasteiger partial charge in [0.05, 0.1) is 20.3 Å². The van der Waals surface area contributed by atoms with Crippen molar-refractivity contribution in [3.63, 3.8) is 0 Å². The minimum Gasteiger partial charge on any atom is -0.444 e. The highest BCUT2D eigenvalue weighted by atomic mass is 35.5. The Labute approximate surface area is 228 Å². The van der Waals surface area contributed by atoms with Crippen molar-refractivity contribution < 1.29 is 35.1 Å². The quantitative estimate of drug-likeness (QED) is 0.497. The SMILES string of the molecule is CC(C)(C)OC(=O)NC1CCC1S(=O)(=O)c1ccc(F)cc1.Cl.NC1CCC1S(=O)(=O)c1ccc(F)cc1. The lowest BCUT2D eigenvalue weighted by Gasteiger charge is -2.36. The molecule has 4 unspecified atom stereocenters. The molecule has 2 aromatic carbocycles. The Morgan fingerprint density at radius 2 is 1.24 bits per heavy atom. The Hall–Kier alpha value is -2.28. The van der Waals surface area contributed by atoms with Crippen LogP contribution in [0.25, 0.3) is 0 Å². The average Bonchev–Trinajstić information content (AvgIpc) is 2.75. The van der Waals surface area contributed by atoms with Crippen molar-refractivity contribution in [1.29, 1.82) is 0 Å². The second kappa shape index (κ2) is 12.3. The molecule has 4 atom stereocenters. The van der Waals surface area contributed by atoms with Gasteiger partial charge >= 0.3 is 6.09 Å². The molecule has 0 radical (unpaired) electrons. The van der Waals surface area contributed by atoms with Gasteiger partial charge in [-0.3, -0.25) is 0 Å². The van der Waals surface area contributed by atoms with Gasteiger partial charge in [-0.25, -0.2) is 30.4 Å². The van der Waals surface area contributed by atoms with Crippen molar-refractivity contribution in [2.45, 2.75) is 84.4 Å². The Morgan fingerprint density at radius 1 is 0.816 bits per heavy atom. The van der Waals surface area contributed by atoms with Gasteiger partial charge in [0.1, 0.15) is 17.2 Å². The molecule has 3 N–H and O–H groups in total. The first-order valence-corrected chi connectivity index (χ1v) is 14.9. The van der Waals surface area contributed by atoms with E-state index >= 15 is 0 Å². The largest absolute Gasteiger partial charge is 0.444 e. The van der Waals surface area contributed by atoms with E-state index in [1.807, 2.05) is 0 Å². The number of alkyl carbamates (subject to hydrolysis) is 1. The van der Waals surface area contributed by atoms with Crippen LogP contribution in [0.3, 0.4) is 0 Å². The zero-order chi connectivity index (χ0) is 27.6. The summed E-state index contributed by atoms with van der Waals surface area (Å²) in [4.78, 5) is 12.0. The zero-order valence-electron chi connectivity index (χ0n) is 21.3. The molecule has 2 aliphatic rings. The molecule has 0 heterocycles. The maximum absolute atomic E-state index is 12.9. The van der Waals surface area contributed by atoms with Crippen LogP contribution in [-0.2, 0) is 24.4 Å². The van der Waals surface area contributed by atoms with Gasteiger partial charge in [-0.05, 0) is 95.0 Å². The number of hydrogen-bond acceptors (Lipinski definition) is 7. The van der Waals surface area contributed by atoms with Crippen molar-refractivity contribution in [3.05, 3.63) is 60.2 Å². The third-order valence-electron chi connectivity index (χ3n) is 6.26. The predicted molar refractivity (Wildman–Crippen MR) is 142 cm³/mol. The summed E-state index contributed by atoms with van der Waals surface area (Å²) in [5.74, 6) is -0.928. The molecule has 13 heteroatoms. The van der Waals surface area contributed by atoms with Gasteiger partial charge in [0.15, 0.2) is 19.7 Å². The van der Waals surface area contributed by atoms with Crippen molar-refractivity contribution in [1.82, 2.24) is 5.32 Å². The van der Waals surface area contributed by atoms with E-state index in [-0.39, 0.29) is 28.2 Å². The van der Waals surface area contributed by atoms with Gasteiger partial charge in [-0.2, -0.15) is 0 Å². The summed E-state index contributed by atoms with van der Waals surface area (Å²) in [7, 11) is -6.95. The van der Waals surface area contributed by atoms with Crippen LogP contribution < -0.4 is 11.1 Å². The molecule has 2 aliphatic carbocycles. The van der Waals surface area contributed by atoms with Crippen LogP contribution in [0.1, 0.15) is 46.5 Å². The third-order valence-corrected chi connectivity index (χ3v) is 10.9. The molecule has 8 nitrogen and oxygen atoms in total. The topological polar surface area (TPSA) is 133 Å². The van der Waals surface area contributed by atoms with Gasteiger partial charge < -0.3 is 15.8 Å². The molecule has 2 saturated carbocycles. The van der Waals surface area contributed by atoms with Gasteiger partial charge in [-0.1, -0.05) is 0 Å². The van der Waals surface area contributed by atoms with E-state index in [2.05, 4.69) is 5.32 Å². The molecule has 0 saturated heterocycles. The fraction of sp³-hybridized carbons (Fsp3) is 0.480. The van der Waals surface area contributed by atoms with Crippen molar-refractivity contribution in [3.8, 4) is 0 Å². The van der Waals surface area contributed by atoms with Crippen LogP contribution in [0, 0.1) is 11.6 Å². The Morgan fingerprint density at radius 3 is 1.55 bits per heavy atom. The van der Waals surface area contributed by atoms with Gasteiger partial charge in [0.25, 0.3) is 0 Å². The van der Waals surface area contributed by atoms with E-state index in [0.717, 1.165) is 30.7 Å². The standard InChI is InChI=1S/C15H20FNO4S.C10H12FNO2S.ClH/c1-15(2,3)21-14(18)17-12-8-9-13(12)22(19,20)11-6-4-10(16)5-7-11;11-7-1-3-8(4-2-7)15(13,14)10-6-5-9(10)12;/h4-7,12-13H,8-9H2,1-3H3,(H,17,18);1-4,9-10H,5-6,12H2;1H. The maximum atomic E-state index is 12.9. The smallest absolute Gasteiger partial charge is 0.407 e. The van der Waals surface area contributed by atoms with Crippen LogP contribution in [0.4, 0.5) is 13.6 Å². The highest BCUT2D eigenvalue weighted by Crippen LogP contribution is 2.32. The Bertz CT molecular complexity index is 1320. The molecule has 0 aromatic heterocycles. The normalized spacial score (nSPS) is 22.9. The van der Waals surface area contributed by atoms with Crippen LogP contribution >= 0.6 is 12.4 Å². The summed E-state index contributed by atoms with van der Waals surface area (Å²) in [5.41, 5.74) is 4.98. The van der Waals surface area contributed by atoms with E-state index in [4.69, 9.17) is 10.5 Å². The first-order valence-electron chi connectivity index (χ1n) is 11.9. The van der Waals surface area contributed by atoms with Crippen molar-refractivity contribution >= 4 is 38.2 Å². The van der Waals surface area contributed by atoms with E-state index in [1.54, 1.807) is 20.8 Å². The number of nitrogens with two attached hydrogens (primary N) is 1. The lowest BCUT2D eigenvalue weighted by atomic mass is 9.92. The number of amides is 1. The van der Waals surface area contributed by atoms with Crippen molar-refractivity contribution in [2.24, 2.45) is 5.73 Å². The first kappa shape index (κ1) is 31.9. The summed E-state index contributed by atoms with van der Waals surface area (Å²) in [6.45, 7) is 5.21. The lowest BCUT2D eigenvalue weighted by molar-refractivity contribution is 0.0482. The highest BCUT2D eigenvalue weighted by Gasteiger charge is 2.43. The van der Waals surface area contributed by atoms with Crippen molar-refractivity contribution in [2.75, 3.05) is 0 Å². The fourth-order valence-corrected chi connectivity index (χ4v) is 7.80. The number of carbonyl (C=O) groups excluding carboxylic acids is 1. The molecule has 4 rings (SSSR count). The number of nitrogens with one attached hydrogen (secondary N) is 1. The Kier molecular flexibility index (Phi) is 10.3. The molecule has 2 fully saturated rings. The van der Waals surface area contributed by atoms with E-state index in [0.29, 0.717) is 19.3 Å². The van der Waals surface area contributed by atoms with Gasteiger partial charge in [0.2, 0.25) is 0 Å². The van der Waals surface area contributed by atoms with Gasteiger partial charge in [-0.15, -0.1) is 12.4 Å². The summed E-state index contributed by atoms with van der Waals surface area (Å²) in [5, 5.41) is 1.40. The maximum Gasteiger partial charge on any atom is 0.407 e. The number of carbonyl (C=O) groups is 1. The summed E-state index contributed by atoms with van der Waals surface area (Å²) < 4.78 is 79.5. The molecular formula is C25H33ClF2N2O6S2. The second-order valence-corrected chi connectivity index (χ2v) is 14.5. The van der Waals surface area contributed by atoms with Gasteiger partial charge in [0, 0.05) is 12.1 Å². The molecule has 0 bridgehead atoms. The number of sulfone groups is 2. The second-order valence-electron chi connectivity index (χ2n) is 10.1. The number of benzene rings is 2. The molecule has 2 aromatic rings. The monoisotopic (exact) mass is 594 g/mol. The molecule has 0 spiro atoms. The predicted octanol–water partition coefficient (Wildman–Crippen LogP) is 4.17. The number of halogens is 3. The summed E-state index contributed by atoms with van der Waals surface area (Å²) in [6.07, 6.45) is 1.74. The lowest BCUT2D eigenvalue weighted by Crippen LogP contribution is -2.54. The molecular weight excluding hydrogens is 562 g/mol. The van der Waals surface area contributed by atoms with Crippen LogP contribution in [0.5, 0.6) is 0 Å². The van der Waals surface area contributed by atoms with E-state index in [9.17, 15) is 30.4 Å².